The maximum Gasteiger partial charge on any atom is 0.192 e. The highest BCUT2D eigenvalue weighted by Crippen LogP contribution is 2.26. The standard InChI is InChI=1S/C12H9Cl2N5O/c13-8-3-1-2-7(9(8)14)4-18-5-16-10-11(15)19(20)6-17-12(10)18/h1-3,5-6,15,20H,4H2. The number of nitrogens with zero attached hydrogens (tertiary/aromatic N) is 4. The highest BCUT2D eigenvalue weighted by Gasteiger charge is 2.10. The lowest BCUT2D eigenvalue weighted by atomic mass is 10.2. The summed E-state index contributed by atoms with van der Waals surface area (Å²) in [7, 11) is 0. The summed E-state index contributed by atoms with van der Waals surface area (Å²) in [6.45, 7) is 0.428. The SMILES string of the molecule is N=c1c2ncn(Cc3cccc(Cl)c3Cl)c2ncn1O. The molecule has 0 atom stereocenters. The molecule has 1 aromatic carbocycles. The molecule has 6 nitrogen and oxygen atoms in total. The van der Waals surface area contributed by atoms with Crippen LogP contribution >= 0.6 is 23.2 Å². The number of fused-ring (bicyclic) bond motifs is 1. The number of halogens is 2. The largest absolute Gasteiger partial charge is 0.425 e. The lowest BCUT2D eigenvalue weighted by Crippen LogP contribution is -2.18. The second-order valence-corrected chi connectivity index (χ2v) is 4.98. The minimum Gasteiger partial charge on any atom is -0.425 e. The van der Waals surface area contributed by atoms with Crippen molar-refractivity contribution in [3.63, 3.8) is 0 Å². The van der Waals surface area contributed by atoms with E-state index in [1.807, 2.05) is 12.1 Å². The smallest absolute Gasteiger partial charge is 0.192 e. The topological polar surface area (TPSA) is 79.7 Å². The van der Waals surface area contributed by atoms with Crippen LogP contribution in [-0.2, 0) is 6.54 Å². The van der Waals surface area contributed by atoms with Gasteiger partial charge in [0.25, 0.3) is 0 Å². The number of nitrogens with one attached hydrogen (secondary N) is 1. The van der Waals surface area contributed by atoms with E-state index in [0.29, 0.717) is 32.5 Å². The minimum absolute atomic E-state index is 0.119. The normalized spacial score (nSPS) is 11.1. The van der Waals surface area contributed by atoms with Gasteiger partial charge >= 0.3 is 0 Å². The summed E-state index contributed by atoms with van der Waals surface area (Å²) in [6.07, 6.45) is 2.70. The van der Waals surface area contributed by atoms with E-state index in [-0.39, 0.29) is 5.49 Å². The average Bonchev–Trinajstić information content (AvgIpc) is 2.83. The predicted octanol–water partition coefficient (Wildman–Crippen LogP) is 2.30. The first-order valence-electron chi connectivity index (χ1n) is 5.67. The maximum absolute atomic E-state index is 9.38. The summed E-state index contributed by atoms with van der Waals surface area (Å²) in [5.74, 6) is 0. The Hall–Kier alpha value is -2.05. The van der Waals surface area contributed by atoms with Gasteiger partial charge in [0.05, 0.1) is 22.9 Å². The van der Waals surface area contributed by atoms with Gasteiger partial charge in [-0.3, -0.25) is 5.41 Å². The molecule has 102 valence electrons. The molecule has 3 rings (SSSR count). The fourth-order valence-corrected chi connectivity index (χ4v) is 2.30. The molecule has 2 N–H and O–H groups in total. The summed E-state index contributed by atoms with van der Waals surface area (Å²) in [5, 5.41) is 18.0. The number of hydrogen-bond acceptors (Lipinski definition) is 4. The number of rotatable bonds is 2. The molecule has 0 aliphatic carbocycles. The molecule has 0 unspecified atom stereocenters. The van der Waals surface area contributed by atoms with Crippen molar-refractivity contribution in [1.29, 1.82) is 5.41 Å². The molecule has 0 saturated carbocycles. The molecule has 0 saturated heterocycles. The van der Waals surface area contributed by atoms with Crippen LogP contribution < -0.4 is 5.49 Å². The zero-order valence-corrected chi connectivity index (χ0v) is 11.6. The van der Waals surface area contributed by atoms with Crippen molar-refractivity contribution < 1.29 is 5.21 Å². The summed E-state index contributed by atoms with van der Waals surface area (Å²) < 4.78 is 2.36. The van der Waals surface area contributed by atoms with Gasteiger partial charge in [0.1, 0.15) is 6.33 Å². The zero-order valence-electron chi connectivity index (χ0n) is 10.1. The highest BCUT2D eigenvalue weighted by molar-refractivity contribution is 6.42. The van der Waals surface area contributed by atoms with Gasteiger partial charge in [0, 0.05) is 0 Å². The highest BCUT2D eigenvalue weighted by atomic mass is 35.5. The molecule has 0 spiro atoms. The van der Waals surface area contributed by atoms with Gasteiger partial charge in [0.15, 0.2) is 16.7 Å². The van der Waals surface area contributed by atoms with Gasteiger partial charge in [-0.05, 0) is 11.6 Å². The molecule has 0 bridgehead atoms. The van der Waals surface area contributed by atoms with E-state index in [4.69, 9.17) is 28.6 Å². The van der Waals surface area contributed by atoms with Crippen molar-refractivity contribution in [3.8, 4) is 0 Å². The first-order chi connectivity index (χ1) is 9.58. The number of benzene rings is 1. The van der Waals surface area contributed by atoms with E-state index in [0.717, 1.165) is 11.9 Å². The van der Waals surface area contributed by atoms with Crippen LogP contribution in [0.5, 0.6) is 0 Å². The summed E-state index contributed by atoms with van der Waals surface area (Å²) >= 11 is 12.1. The predicted molar refractivity (Wildman–Crippen MR) is 74.1 cm³/mol. The van der Waals surface area contributed by atoms with Crippen LogP contribution in [0, 0.1) is 5.41 Å². The first-order valence-corrected chi connectivity index (χ1v) is 6.42. The van der Waals surface area contributed by atoms with Gasteiger partial charge < -0.3 is 9.77 Å². The average molecular weight is 310 g/mol. The third-order valence-corrected chi connectivity index (χ3v) is 3.78. The minimum atomic E-state index is -0.119. The Bertz CT molecular complexity index is 855. The van der Waals surface area contributed by atoms with Crippen molar-refractivity contribution in [1.82, 2.24) is 19.3 Å². The lowest BCUT2D eigenvalue weighted by Gasteiger charge is -2.07. The van der Waals surface area contributed by atoms with Crippen LogP contribution in [0.3, 0.4) is 0 Å². The van der Waals surface area contributed by atoms with Crippen LogP contribution in [-0.4, -0.2) is 24.5 Å². The summed E-state index contributed by atoms with van der Waals surface area (Å²) in [5.41, 5.74) is 1.52. The van der Waals surface area contributed by atoms with E-state index in [9.17, 15) is 5.21 Å². The van der Waals surface area contributed by atoms with Gasteiger partial charge in [-0.1, -0.05) is 35.3 Å². The Morgan fingerprint density at radius 1 is 1.20 bits per heavy atom. The van der Waals surface area contributed by atoms with Gasteiger partial charge in [0.2, 0.25) is 0 Å². The van der Waals surface area contributed by atoms with Crippen molar-refractivity contribution >= 4 is 34.4 Å². The number of imidazole rings is 1. The fraction of sp³-hybridized carbons (Fsp3) is 0.0833. The quantitative estimate of drug-likeness (QED) is 0.713. The fourth-order valence-electron chi connectivity index (χ4n) is 1.92. The second-order valence-electron chi connectivity index (χ2n) is 4.20. The molecule has 8 heteroatoms. The van der Waals surface area contributed by atoms with Crippen LogP contribution in [0.2, 0.25) is 10.0 Å². The van der Waals surface area contributed by atoms with Gasteiger partial charge in [-0.15, -0.1) is 0 Å². The van der Waals surface area contributed by atoms with Crippen LogP contribution in [0.15, 0.2) is 30.9 Å². The van der Waals surface area contributed by atoms with E-state index in [1.54, 1.807) is 17.0 Å². The molecular formula is C12H9Cl2N5O. The van der Waals surface area contributed by atoms with E-state index in [1.165, 1.54) is 0 Å². The monoisotopic (exact) mass is 309 g/mol. The first kappa shape index (κ1) is 13.0. The van der Waals surface area contributed by atoms with Crippen molar-refractivity contribution in [3.05, 3.63) is 52.0 Å². The van der Waals surface area contributed by atoms with E-state index < -0.39 is 0 Å². The molecule has 0 fully saturated rings. The Morgan fingerprint density at radius 2 is 2.00 bits per heavy atom. The van der Waals surface area contributed by atoms with E-state index >= 15 is 0 Å². The number of hydrogen-bond donors (Lipinski definition) is 2. The third-order valence-electron chi connectivity index (χ3n) is 2.93. The van der Waals surface area contributed by atoms with Crippen LogP contribution in [0.25, 0.3) is 11.2 Å². The molecule has 0 radical (unpaired) electrons. The number of aromatic nitrogens is 4. The van der Waals surface area contributed by atoms with Crippen molar-refractivity contribution in [2.24, 2.45) is 0 Å². The Labute approximate surface area is 123 Å². The summed E-state index contributed by atoms with van der Waals surface area (Å²) in [6, 6.07) is 5.39. The maximum atomic E-state index is 9.38. The van der Waals surface area contributed by atoms with Gasteiger partial charge in [-0.2, -0.15) is 4.73 Å². The molecule has 0 amide bonds. The third kappa shape index (κ3) is 2.03. The Balaban J connectivity index is 2.10. The molecule has 2 heterocycles. The zero-order chi connectivity index (χ0) is 14.3. The van der Waals surface area contributed by atoms with E-state index in [2.05, 4.69) is 9.97 Å². The molecule has 20 heavy (non-hydrogen) atoms. The molecule has 3 aromatic rings. The summed E-state index contributed by atoms with van der Waals surface area (Å²) in [4.78, 5) is 8.15. The Kier molecular flexibility index (Phi) is 3.11. The van der Waals surface area contributed by atoms with Crippen LogP contribution in [0.1, 0.15) is 5.56 Å². The molecule has 0 aliphatic heterocycles. The second kappa shape index (κ2) is 4.81. The van der Waals surface area contributed by atoms with Crippen molar-refractivity contribution in [2.45, 2.75) is 6.54 Å². The lowest BCUT2D eigenvalue weighted by molar-refractivity contribution is 0.168. The molecular weight excluding hydrogens is 301 g/mol. The van der Waals surface area contributed by atoms with Crippen LogP contribution in [0.4, 0.5) is 0 Å². The molecule has 0 aliphatic rings. The van der Waals surface area contributed by atoms with Gasteiger partial charge in [-0.25, -0.2) is 9.97 Å². The Morgan fingerprint density at radius 3 is 2.80 bits per heavy atom. The molecule has 2 aromatic heterocycles. The van der Waals surface area contributed by atoms with Crippen molar-refractivity contribution in [2.75, 3.05) is 0 Å².